The zero-order valence-electron chi connectivity index (χ0n) is 8.51. The van der Waals surface area contributed by atoms with Gasteiger partial charge in [-0.25, -0.2) is 0 Å². The number of hydrogen-bond acceptors (Lipinski definition) is 6. The van der Waals surface area contributed by atoms with Crippen LogP contribution in [-0.4, -0.2) is 37.9 Å². The predicted octanol–water partition coefficient (Wildman–Crippen LogP) is 2.25. The smallest absolute Gasteiger partial charge is 0.252 e. The summed E-state index contributed by atoms with van der Waals surface area (Å²) in [5.41, 5.74) is 0. The van der Waals surface area contributed by atoms with Gasteiger partial charge in [-0.05, 0) is 18.8 Å². The molecule has 0 aliphatic carbocycles. The number of nitrogens with zero attached hydrogens (tertiary/aromatic N) is 4. The number of hydrogen-bond donors (Lipinski definition) is 0. The lowest BCUT2D eigenvalue weighted by atomic mass is 10.9. The molecular weight excluding hydrogens is 236 g/mol. The molecule has 0 saturated carbocycles. The van der Waals surface area contributed by atoms with E-state index >= 15 is 0 Å². The van der Waals surface area contributed by atoms with Crippen LogP contribution in [0.5, 0.6) is 0 Å². The Morgan fingerprint density at radius 2 is 1.86 bits per heavy atom. The van der Waals surface area contributed by atoms with Crippen molar-refractivity contribution in [2.24, 2.45) is 12.0 Å². The van der Waals surface area contributed by atoms with Gasteiger partial charge < -0.3 is 0 Å². The fraction of sp³-hybridized carbons (Fsp3) is 0.571. The Kier molecular flexibility index (Phi) is 4.83. The molecule has 1 aromatic heterocycles. The van der Waals surface area contributed by atoms with Gasteiger partial charge in [0, 0.05) is 7.05 Å². The molecule has 0 fully saturated rings. The molecule has 0 N–H and O–H groups in total. The highest BCUT2D eigenvalue weighted by Gasteiger charge is 2.06. The molecule has 4 nitrogen and oxygen atoms in total. The van der Waals surface area contributed by atoms with Crippen LogP contribution in [0.4, 0.5) is 5.95 Å². The van der Waals surface area contributed by atoms with E-state index < -0.39 is 0 Å². The molecule has 1 heterocycles. The van der Waals surface area contributed by atoms with Gasteiger partial charge in [-0.3, -0.25) is 4.57 Å². The summed E-state index contributed by atoms with van der Waals surface area (Å²) in [7, 11) is 1.92. The largest absolute Gasteiger partial charge is 0.290 e. The Bertz CT molecular complexity index is 328. The first-order valence-electron chi connectivity index (χ1n) is 3.83. The van der Waals surface area contributed by atoms with Gasteiger partial charge in [-0.15, -0.1) is 33.7 Å². The fourth-order valence-corrected chi connectivity index (χ4v) is 2.33. The Balaban J connectivity index is 2.96. The van der Waals surface area contributed by atoms with Crippen molar-refractivity contribution >= 4 is 45.6 Å². The molecule has 7 heteroatoms. The van der Waals surface area contributed by atoms with Crippen LogP contribution >= 0.6 is 35.3 Å². The Morgan fingerprint density at radius 3 is 2.29 bits per heavy atom. The average molecular weight is 248 g/mol. The van der Waals surface area contributed by atoms with Crippen molar-refractivity contribution in [3.8, 4) is 0 Å². The highest BCUT2D eigenvalue weighted by Crippen LogP contribution is 2.20. The monoisotopic (exact) mass is 248 g/mol. The summed E-state index contributed by atoms with van der Waals surface area (Å²) in [5, 5.41) is 8.89. The van der Waals surface area contributed by atoms with Gasteiger partial charge in [0.1, 0.15) is 4.38 Å². The molecule has 0 spiro atoms. The molecule has 0 aliphatic rings. The summed E-state index contributed by atoms with van der Waals surface area (Å²) in [4.78, 5) is 4.38. The van der Waals surface area contributed by atoms with Gasteiger partial charge in [0.15, 0.2) is 5.16 Å². The van der Waals surface area contributed by atoms with E-state index in [1.165, 1.54) is 0 Å². The second-order valence-corrected chi connectivity index (χ2v) is 4.95. The van der Waals surface area contributed by atoms with Crippen molar-refractivity contribution in [3.63, 3.8) is 0 Å². The lowest BCUT2D eigenvalue weighted by Gasteiger charge is -1.99. The summed E-state index contributed by atoms with van der Waals surface area (Å²) in [6.45, 7) is 0. The SMILES string of the molecule is CSC(=Nc1nnc(SC)n1C)SC. The van der Waals surface area contributed by atoms with E-state index in [2.05, 4.69) is 15.2 Å². The third-order valence-corrected chi connectivity index (χ3v) is 4.14. The van der Waals surface area contributed by atoms with Crippen LogP contribution in [0, 0.1) is 0 Å². The first kappa shape index (κ1) is 11.9. The third-order valence-electron chi connectivity index (χ3n) is 1.54. The summed E-state index contributed by atoms with van der Waals surface area (Å²) in [6, 6.07) is 0. The molecule has 0 aliphatic heterocycles. The van der Waals surface area contributed by atoms with Gasteiger partial charge >= 0.3 is 0 Å². The molecule has 0 radical (unpaired) electrons. The van der Waals surface area contributed by atoms with E-state index in [9.17, 15) is 0 Å². The van der Waals surface area contributed by atoms with Crippen molar-refractivity contribution in [2.45, 2.75) is 5.16 Å². The Morgan fingerprint density at radius 1 is 1.21 bits per heavy atom. The van der Waals surface area contributed by atoms with Crippen LogP contribution in [0.3, 0.4) is 0 Å². The van der Waals surface area contributed by atoms with Crippen LogP contribution in [-0.2, 0) is 7.05 Å². The van der Waals surface area contributed by atoms with Crippen molar-refractivity contribution in [1.29, 1.82) is 0 Å². The molecule has 0 atom stereocenters. The molecule has 78 valence electrons. The minimum Gasteiger partial charge on any atom is -0.290 e. The molecule has 1 aromatic rings. The standard InChI is InChI=1S/C7H12N4S3/c1-11-5(8-7(13-3)14-4)9-10-6(11)12-2/h1-4H3. The third kappa shape index (κ3) is 2.68. The van der Waals surface area contributed by atoms with Crippen molar-refractivity contribution in [1.82, 2.24) is 14.8 Å². The van der Waals surface area contributed by atoms with E-state index in [-0.39, 0.29) is 0 Å². The van der Waals surface area contributed by atoms with Gasteiger partial charge in [0.25, 0.3) is 5.95 Å². The van der Waals surface area contributed by atoms with E-state index in [1.807, 2.05) is 30.4 Å². The molecular formula is C7H12N4S3. The average Bonchev–Trinajstić information content (AvgIpc) is 2.56. The zero-order chi connectivity index (χ0) is 10.6. The molecule has 1 rings (SSSR count). The highest BCUT2D eigenvalue weighted by molar-refractivity contribution is 8.38. The van der Waals surface area contributed by atoms with E-state index in [1.54, 1.807) is 35.3 Å². The van der Waals surface area contributed by atoms with Gasteiger partial charge in [-0.1, -0.05) is 11.8 Å². The van der Waals surface area contributed by atoms with E-state index in [0.717, 1.165) is 9.53 Å². The van der Waals surface area contributed by atoms with Crippen LogP contribution in [0.15, 0.2) is 10.1 Å². The maximum Gasteiger partial charge on any atom is 0.252 e. The van der Waals surface area contributed by atoms with Crippen LogP contribution in [0.2, 0.25) is 0 Å². The quantitative estimate of drug-likeness (QED) is 0.456. The summed E-state index contributed by atoms with van der Waals surface area (Å²) in [5.74, 6) is 0.660. The lowest BCUT2D eigenvalue weighted by Crippen LogP contribution is -1.91. The minimum atomic E-state index is 0.660. The Hall–Kier alpha value is -0.140. The number of rotatable bonds is 2. The first-order chi connectivity index (χ1) is 6.72. The van der Waals surface area contributed by atoms with Gasteiger partial charge in [0.05, 0.1) is 0 Å². The maximum absolute atomic E-state index is 4.38. The molecule has 0 aromatic carbocycles. The Labute approximate surface area is 96.3 Å². The van der Waals surface area contributed by atoms with E-state index in [0.29, 0.717) is 5.95 Å². The second kappa shape index (κ2) is 5.67. The second-order valence-electron chi connectivity index (χ2n) is 2.33. The van der Waals surface area contributed by atoms with Crippen molar-refractivity contribution in [2.75, 3.05) is 18.8 Å². The molecule has 0 amide bonds. The van der Waals surface area contributed by atoms with Crippen molar-refractivity contribution in [3.05, 3.63) is 0 Å². The molecule has 14 heavy (non-hydrogen) atoms. The summed E-state index contributed by atoms with van der Waals surface area (Å²) in [6.07, 6.45) is 5.98. The fourth-order valence-electron chi connectivity index (χ4n) is 0.839. The molecule has 0 bridgehead atoms. The predicted molar refractivity (Wildman–Crippen MR) is 66.9 cm³/mol. The summed E-state index contributed by atoms with van der Waals surface area (Å²) >= 11 is 4.80. The molecule has 0 saturated heterocycles. The first-order valence-corrected chi connectivity index (χ1v) is 7.50. The van der Waals surface area contributed by atoms with Crippen molar-refractivity contribution < 1.29 is 0 Å². The van der Waals surface area contributed by atoms with Gasteiger partial charge in [0.2, 0.25) is 0 Å². The van der Waals surface area contributed by atoms with Crippen LogP contribution in [0.25, 0.3) is 0 Å². The highest BCUT2D eigenvalue weighted by atomic mass is 32.2. The van der Waals surface area contributed by atoms with Gasteiger partial charge in [-0.2, -0.15) is 4.99 Å². The maximum atomic E-state index is 4.38. The normalized spacial score (nSPS) is 10.3. The number of thioether (sulfide) groups is 3. The molecule has 0 unspecified atom stereocenters. The number of aliphatic imine (C=N–C) groups is 1. The zero-order valence-corrected chi connectivity index (χ0v) is 11.0. The number of aromatic nitrogens is 3. The lowest BCUT2D eigenvalue weighted by molar-refractivity contribution is 0.792. The minimum absolute atomic E-state index is 0.660. The van der Waals surface area contributed by atoms with Crippen LogP contribution < -0.4 is 0 Å². The van der Waals surface area contributed by atoms with Crippen LogP contribution in [0.1, 0.15) is 0 Å². The van der Waals surface area contributed by atoms with E-state index in [4.69, 9.17) is 0 Å². The topological polar surface area (TPSA) is 43.1 Å². The summed E-state index contributed by atoms with van der Waals surface area (Å²) < 4.78 is 2.88.